The van der Waals surface area contributed by atoms with Crippen molar-refractivity contribution in [2.24, 2.45) is 0 Å². The van der Waals surface area contributed by atoms with Crippen LogP contribution in [0.1, 0.15) is 5.56 Å². The quantitative estimate of drug-likeness (QED) is 0.735. The van der Waals surface area contributed by atoms with Gasteiger partial charge in [-0.2, -0.15) is 4.31 Å². The Kier molecular flexibility index (Phi) is 6.73. The molecule has 0 aromatic heterocycles. The summed E-state index contributed by atoms with van der Waals surface area (Å²) in [6.45, 7) is 1.24. The number of benzene rings is 2. The molecule has 29 heavy (non-hydrogen) atoms. The van der Waals surface area contributed by atoms with Gasteiger partial charge in [0.05, 0.1) is 33.9 Å². The molecule has 1 heterocycles. The average molecular weight is 420 g/mol. The number of amides is 1. The summed E-state index contributed by atoms with van der Waals surface area (Å²) in [5.74, 6) is 0.624. The normalized spacial score (nSPS) is 15.0. The molecule has 2 aromatic carbocycles. The molecule has 0 unspecified atom stereocenters. The van der Waals surface area contributed by atoms with E-state index in [0.717, 1.165) is 5.56 Å². The summed E-state index contributed by atoms with van der Waals surface area (Å²) in [7, 11) is -0.797. The molecule has 3 rings (SSSR count). The second kappa shape index (κ2) is 9.25. The third kappa shape index (κ3) is 5.06. The van der Waals surface area contributed by atoms with Gasteiger partial charge < -0.3 is 19.5 Å². The van der Waals surface area contributed by atoms with Crippen LogP contribution in [0.15, 0.2) is 47.4 Å². The van der Waals surface area contributed by atoms with Gasteiger partial charge in [0.2, 0.25) is 15.9 Å². The maximum absolute atomic E-state index is 13.0. The minimum Gasteiger partial charge on any atom is -0.497 e. The number of carbonyl (C=O) groups excluding carboxylic acids is 1. The standard InChI is InChI=1S/C20H24N2O6S/c1-26-17-5-3-4-15(12-17)13-20(23)21-16-6-7-18(27-2)19(14-16)29(24,25)22-8-10-28-11-9-22/h3-7,12,14H,8-11,13H2,1-2H3,(H,21,23). The van der Waals surface area contributed by atoms with Gasteiger partial charge in [0.1, 0.15) is 16.4 Å². The minimum atomic E-state index is -3.77. The van der Waals surface area contributed by atoms with Crippen molar-refractivity contribution in [1.29, 1.82) is 0 Å². The van der Waals surface area contributed by atoms with Crippen LogP contribution < -0.4 is 14.8 Å². The lowest BCUT2D eigenvalue weighted by atomic mass is 10.1. The van der Waals surface area contributed by atoms with Gasteiger partial charge >= 0.3 is 0 Å². The third-order valence-corrected chi connectivity index (χ3v) is 6.45. The number of anilines is 1. The zero-order chi connectivity index (χ0) is 20.9. The number of hydrogen-bond donors (Lipinski definition) is 1. The highest BCUT2D eigenvalue weighted by molar-refractivity contribution is 7.89. The Morgan fingerprint density at radius 3 is 2.55 bits per heavy atom. The molecule has 9 heteroatoms. The van der Waals surface area contributed by atoms with Gasteiger partial charge in [0.25, 0.3) is 0 Å². The summed E-state index contributed by atoms with van der Waals surface area (Å²) in [5, 5.41) is 2.75. The highest BCUT2D eigenvalue weighted by atomic mass is 32.2. The first-order chi connectivity index (χ1) is 13.9. The Bertz CT molecular complexity index is 971. The molecule has 8 nitrogen and oxygen atoms in total. The van der Waals surface area contributed by atoms with Gasteiger partial charge in [-0.05, 0) is 35.9 Å². The number of methoxy groups -OCH3 is 2. The minimum absolute atomic E-state index is 0.0149. The van der Waals surface area contributed by atoms with Crippen molar-refractivity contribution in [3.05, 3.63) is 48.0 Å². The predicted octanol–water partition coefficient (Wildman–Crippen LogP) is 1.91. The molecule has 1 aliphatic heterocycles. The number of sulfonamides is 1. The van der Waals surface area contributed by atoms with Crippen molar-refractivity contribution in [3.8, 4) is 11.5 Å². The van der Waals surface area contributed by atoms with Gasteiger partial charge in [-0.1, -0.05) is 12.1 Å². The molecular formula is C20H24N2O6S. The molecule has 0 saturated carbocycles. The first kappa shape index (κ1) is 21.1. The highest BCUT2D eigenvalue weighted by Crippen LogP contribution is 2.30. The predicted molar refractivity (Wildman–Crippen MR) is 108 cm³/mol. The van der Waals surface area contributed by atoms with E-state index in [1.807, 2.05) is 12.1 Å². The van der Waals surface area contributed by atoms with Crippen LogP contribution in [0.4, 0.5) is 5.69 Å². The summed E-state index contributed by atoms with van der Waals surface area (Å²) < 4.78 is 43.1. The number of rotatable bonds is 7. The second-order valence-corrected chi connectivity index (χ2v) is 8.36. The van der Waals surface area contributed by atoms with E-state index in [-0.39, 0.29) is 36.1 Å². The molecule has 1 saturated heterocycles. The fraction of sp³-hybridized carbons (Fsp3) is 0.350. The number of morpholine rings is 1. The zero-order valence-electron chi connectivity index (χ0n) is 16.4. The first-order valence-corrected chi connectivity index (χ1v) is 10.6. The van der Waals surface area contributed by atoms with Crippen LogP contribution in [0.2, 0.25) is 0 Å². The molecule has 0 aliphatic carbocycles. The molecule has 0 spiro atoms. The molecule has 0 radical (unpaired) electrons. The van der Waals surface area contributed by atoms with Crippen LogP contribution >= 0.6 is 0 Å². The Hall–Kier alpha value is -2.62. The van der Waals surface area contributed by atoms with E-state index in [2.05, 4.69) is 5.32 Å². The molecular weight excluding hydrogens is 396 g/mol. The lowest BCUT2D eigenvalue weighted by Gasteiger charge is -2.26. The van der Waals surface area contributed by atoms with Crippen LogP contribution in [0.25, 0.3) is 0 Å². The van der Waals surface area contributed by atoms with Gasteiger partial charge in [0.15, 0.2) is 0 Å². The summed E-state index contributed by atoms with van der Waals surface area (Å²) in [5.41, 5.74) is 1.17. The van der Waals surface area contributed by atoms with E-state index in [9.17, 15) is 13.2 Å². The van der Waals surface area contributed by atoms with Crippen molar-refractivity contribution in [2.45, 2.75) is 11.3 Å². The smallest absolute Gasteiger partial charge is 0.246 e. The van der Waals surface area contributed by atoms with E-state index in [1.54, 1.807) is 25.3 Å². The van der Waals surface area contributed by atoms with Crippen molar-refractivity contribution < 1.29 is 27.4 Å². The van der Waals surface area contributed by atoms with E-state index in [4.69, 9.17) is 14.2 Å². The molecule has 0 bridgehead atoms. The van der Waals surface area contributed by atoms with Crippen molar-refractivity contribution in [3.63, 3.8) is 0 Å². The van der Waals surface area contributed by atoms with Crippen LogP contribution in [0.3, 0.4) is 0 Å². The highest BCUT2D eigenvalue weighted by Gasteiger charge is 2.29. The SMILES string of the molecule is COc1cccc(CC(=O)Nc2ccc(OC)c(S(=O)(=O)N3CCOCC3)c2)c1. The number of nitrogens with one attached hydrogen (secondary N) is 1. The van der Waals surface area contributed by atoms with E-state index < -0.39 is 10.0 Å². The van der Waals surface area contributed by atoms with E-state index >= 15 is 0 Å². The summed E-state index contributed by atoms with van der Waals surface area (Å²) in [6.07, 6.45) is 0.134. The topological polar surface area (TPSA) is 94.2 Å². The first-order valence-electron chi connectivity index (χ1n) is 9.13. The Balaban J connectivity index is 1.79. The number of nitrogens with zero attached hydrogens (tertiary/aromatic N) is 1. The van der Waals surface area contributed by atoms with Crippen molar-refractivity contribution >= 4 is 21.6 Å². The van der Waals surface area contributed by atoms with Crippen molar-refractivity contribution in [2.75, 3.05) is 45.8 Å². The molecule has 1 N–H and O–H groups in total. The van der Waals surface area contributed by atoms with Gasteiger partial charge in [0, 0.05) is 18.8 Å². The molecule has 1 fully saturated rings. The Morgan fingerprint density at radius 1 is 1.10 bits per heavy atom. The van der Waals surface area contributed by atoms with Crippen LogP contribution in [-0.4, -0.2) is 59.2 Å². The molecule has 0 atom stereocenters. The summed E-state index contributed by atoms with van der Waals surface area (Å²) in [6, 6.07) is 11.8. The lowest BCUT2D eigenvalue weighted by molar-refractivity contribution is -0.115. The maximum Gasteiger partial charge on any atom is 0.246 e. The zero-order valence-corrected chi connectivity index (χ0v) is 17.2. The van der Waals surface area contributed by atoms with Gasteiger partial charge in [-0.3, -0.25) is 4.79 Å². The summed E-state index contributed by atoms with van der Waals surface area (Å²) in [4.78, 5) is 12.5. The maximum atomic E-state index is 13.0. The van der Waals surface area contributed by atoms with E-state index in [1.165, 1.54) is 23.5 Å². The van der Waals surface area contributed by atoms with E-state index in [0.29, 0.717) is 24.7 Å². The fourth-order valence-corrected chi connectivity index (χ4v) is 4.64. The average Bonchev–Trinajstić information content (AvgIpc) is 2.74. The van der Waals surface area contributed by atoms with Crippen molar-refractivity contribution in [1.82, 2.24) is 4.31 Å². The lowest BCUT2D eigenvalue weighted by Crippen LogP contribution is -2.40. The largest absolute Gasteiger partial charge is 0.497 e. The monoisotopic (exact) mass is 420 g/mol. The van der Waals surface area contributed by atoms with Crippen LogP contribution in [0, 0.1) is 0 Å². The van der Waals surface area contributed by atoms with Gasteiger partial charge in [-0.15, -0.1) is 0 Å². The molecule has 2 aromatic rings. The summed E-state index contributed by atoms with van der Waals surface area (Å²) >= 11 is 0. The number of hydrogen-bond acceptors (Lipinski definition) is 6. The third-order valence-electron chi connectivity index (χ3n) is 4.53. The fourth-order valence-electron chi connectivity index (χ4n) is 3.06. The molecule has 1 amide bonds. The van der Waals surface area contributed by atoms with Crippen LogP contribution in [0.5, 0.6) is 11.5 Å². The number of ether oxygens (including phenoxy) is 3. The second-order valence-electron chi connectivity index (χ2n) is 6.46. The Labute approximate surface area is 170 Å². The van der Waals surface area contributed by atoms with Gasteiger partial charge in [-0.25, -0.2) is 8.42 Å². The Morgan fingerprint density at radius 2 is 1.86 bits per heavy atom. The van der Waals surface area contributed by atoms with Crippen LogP contribution in [-0.2, 0) is 26.0 Å². The molecule has 156 valence electrons. The molecule has 1 aliphatic rings. The number of carbonyl (C=O) groups is 1.